The van der Waals surface area contributed by atoms with Crippen LogP contribution < -0.4 is 4.72 Å². The van der Waals surface area contributed by atoms with Gasteiger partial charge < -0.3 is 5.11 Å². The van der Waals surface area contributed by atoms with E-state index in [1.54, 1.807) is 0 Å². The van der Waals surface area contributed by atoms with Gasteiger partial charge in [-0.1, -0.05) is 12.1 Å². The van der Waals surface area contributed by atoms with Gasteiger partial charge >= 0.3 is 5.97 Å². The van der Waals surface area contributed by atoms with Crippen molar-refractivity contribution in [3.05, 3.63) is 34.4 Å². The molecule has 0 aliphatic heterocycles. The largest absolute Gasteiger partial charge is 0.480 e. The number of carboxylic acid groups (broad SMARTS) is 1. The maximum Gasteiger partial charge on any atom is 0.323 e. The van der Waals surface area contributed by atoms with Crippen LogP contribution in [0.1, 0.15) is 6.92 Å². The second-order valence-corrected chi connectivity index (χ2v) is 5.40. The van der Waals surface area contributed by atoms with Crippen molar-refractivity contribution in [1.29, 1.82) is 0 Å². The first kappa shape index (κ1) is 13.9. The van der Waals surface area contributed by atoms with Crippen LogP contribution in [0.5, 0.6) is 0 Å². The standard InChI is InChI=1S/C9H10N2O6S/c1-6(9(12)13)18(16,17)10-7-4-2-3-5-8(7)11(14)15/h2-6,10H,1H3,(H,12,13). The van der Waals surface area contributed by atoms with Gasteiger partial charge in [0.1, 0.15) is 5.69 Å². The molecule has 2 N–H and O–H groups in total. The Hall–Kier alpha value is -2.16. The Kier molecular flexibility index (Phi) is 3.86. The second-order valence-electron chi connectivity index (χ2n) is 3.40. The fraction of sp³-hybridized carbons (Fsp3) is 0.222. The Balaban J connectivity index is 3.13. The summed E-state index contributed by atoms with van der Waals surface area (Å²) in [4.78, 5) is 20.5. The van der Waals surface area contributed by atoms with Crippen molar-refractivity contribution in [3.63, 3.8) is 0 Å². The van der Waals surface area contributed by atoms with Crippen LogP contribution in [0.15, 0.2) is 24.3 Å². The summed E-state index contributed by atoms with van der Waals surface area (Å²) in [5, 5.41) is 17.6. The van der Waals surface area contributed by atoms with Crippen LogP contribution in [0.25, 0.3) is 0 Å². The third kappa shape index (κ3) is 2.94. The molecule has 0 bridgehead atoms. The molecule has 0 amide bonds. The van der Waals surface area contributed by atoms with E-state index in [0.717, 1.165) is 13.0 Å². The molecule has 0 saturated carbocycles. The summed E-state index contributed by atoms with van der Waals surface area (Å²) in [6.07, 6.45) is 0. The summed E-state index contributed by atoms with van der Waals surface area (Å²) in [5.41, 5.74) is -0.714. The van der Waals surface area contributed by atoms with Gasteiger partial charge in [0.15, 0.2) is 5.25 Å². The first-order valence-corrected chi connectivity index (χ1v) is 6.28. The fourth-order valence-corrected chi connectivity index (χ4v) is 2.01. The Morgan fingerprint density at radius 3 is 2.50 bits per heavy atom. The number of para-hydroxylation sites is 2. The zero-order chi connectivity index (χ0) is 13.9. The van der Waals surface area contributed by atoms with Gasteiger partial charge in [0.2, 0.25) is 10.0 Å². The van der Waals surface area contributed by atoms with E-state index >= 15 is 0 Å². The Morgan fingerprint density at radius 1 is 1.44 bits per heavy atom. The van der Waals surface area contributed by atoms with Crippen LogP contribution in [-0.4, -0.2) is 29.7 Å². The second kappa shape index (κ2) is 5.00. The van der Waals surface area contributed by atoms with Gasteiger partial charge in [0.05, 0.1) is 4.92 Å². The molecule has 1 aromatic rings. The molecule has 0 heterocycles. The third-order valence-electron chi connectivity index (χ3n) is 2.17. The highest BCUT2D eigenvalue weighted by Gasteiger charge is 2.29. The number of aliphatic carboxylic acids is 1. The zero-order valence-corrected chi connectivity index (χ0v) is 10.0. The molecule has 18 heavy (non-hydrogen) atoms. The van der Waals surface area contributed by atoms with Crippen LogP contribution in [0.2, 0.25) is 0 Å². The molecular formula is C9H10N2O6S. The molecule has 8 nitrogen and oxygen atoms in total. The third-order valence-corrected chi connectivity index (χ3v) is 3.80. The predicted molar refractivity (Wildman–Crippen MR) is 62.7 cm³/mol. The monoisotopic (exact) mass is 274 g/mol. The van der Waals surface area contributed by atoms with Gasteiger partial charge in [-0.15, -0.1) is 0 Å². The minimum atomic E-state index is -4.22. The van der Waals surface area contributed by atoms with Crippen molar-refractivity contribution >= 4 is 27.4 Å². The lowest BCUT2D eigenvalue weighted by Crippen LogP contribution is -2.32. The van der Waals surface area contributed by atoms with Crippen molar-refractivity contribution < 1.29 is 23.2 Å². The summed E-state index contributed by atoms with van der Waals surface area (Å²) < 4.78 is 25.1. The summed E-state index contributed by atoms with van der Waals surface area (Å²) in [5.74, 6) is -1.54. The van der Waals surface area contributed by atoms with Crippen LogP contribution in [0.3, 0.4) is 0 Å². The number of nitro groups is 1. The topological polar surface area (TPSA) is 127 Å². The highest BCUT2D eigenvalue weighted by atomic mass is 32.2. The van der Waals surface area contributed by atoms with E-state index in [4.69, 9.17) is 5.11 Å². The normalized spacial score (nSPS) is 12.7. The van der Waals surface area contributed by atoms with Gasteiger partial charge in [0.25, 0.3) is 5.69 Å². The minimum absolute atomic E-state index is 0.268. The molecule has 1 unspecified atom stereocenters. The molecule has 0 spiro atoms. The Bertz CT molecular complexity index is 582. The van der Waals surface area contributed by atoms with Crippen molar-refractivity contribution in [2.24, 2.45) is 0 Å². The minimum Gasteiger partial charge on any atom is -0.480 e. The molecule has 1 atom stereocenters. The molecule has 0 aliphatic rings. The fourth-order valence-electron chi connectivity index (χ4n) is 1.09. The summed E-state index contributed by atoms with van der Waals surface area (Å²) in [6, 6.07) is 5.07. The van der Waals surface area contributed by atoms with Crippen LogP contribution in [0.4, 0.5) is 11.4 Å². The Labute approximate surface area is 102 Å². The molecule has 0 saturated heterocycles. The SMILES string of the molecule is CC(C(=O)O)S(=O)(=O)Nc1ccccc1[N+](=O)[O-]. The quantitative estimate of drug-likeness (QED) is 0.604. The Morgan fingerprint density at radius 2 is 2.00 bits per heavy atom. The van der Waals surface area contributed by atoms with Crippen LogP contribution in [0, 0.1) is 10.1 Å². The highest BCUT2D eigenvalue weighted by Crippen LogP contribution is 2.25. The average molecular weight is 274 g/mol. The van der Waals surface area contributed by atoms with E-state index in [2.05, 4.69) is 0 Å². The molecule has 0 aromatic heterocycles. The number of hydrogen-bond acceptors (Lipinski definition) is 5. The summed E-state index contributed by atoms with van der Waals surface area (Å²) >= 11 is 0. The summed E-state index contributed by atoms with van der Waals surface area (Å²) in [6.45, 7) is 0.972. The number of anilines is 1. The molecule has 9 heteroatoms. The van der Waals surface area contributed by atoms with Crippen LogP contribution in [-0.2, 0) is 14.8 Å². The first-order valence-electron chi connectivity index (χ1n) is 4.73. The summed E-state index contributed by atoms with van der Waals surface area (Å²) in [7, 11) is -4.22. The van der Waals surface area contributed by atoms with Gasteiger partial charge in [-0.05, 0) is 13.0 Å². The molecule has 0 aliphatic carbocycles. The van der Waals surface area contributed by atoms with E-state index < -0.39 is 31.9 Å². The zero-order valence-electron chi connectivity index (χ0n) is 9.23. The van der Waals surface area contributed by atoms with Gasteiger partial charge in [-0.3, -0.25) is 19.6 Å². The average Bonchev–Trinajstić information content (AvgIpc) is 2.27. The number of hydrogen-bond donors (Lipinski definition) is 2. The van der Waals surface area contributed by atoms with E-state index in [1.807, 2.05) is 4.72 Å². The number of nitrogens with one attached hydrogen (secondary N) is 1. The van der Waals surface area contributed by atoms with Crippen molar-refractivity contribution in [2.45, 2.75) is 12.2 Å². The lowest BCUT2D eigenvalue weighted by Gasteiger charge is -2.11. The van der Waals surface area contributed by atoms with E-state index in [1.165, 1.54) is 18.2 Å². The van der Waals surface area contributed by atoms with Crippen molar-refractivity contribution in [3.8, 4) is 0 Å². The molecule has 98 valence electrons. The molecule has 0 radical (unpaired) electrons. The van der Waals surface area contributed by atoms with Crippen molar-refractivity contribution in [2.75, 3.05) is 4.72 Å². The molecule has 1 rings (SSSR count). The van der Waals surface area contributed by atoms with E-state index in [0.29, 0.717) is 0 Å². The molecular weight excluding hydrogens is 264 g/mol. The maximum absolute atomic E-state index is 11.6. The highest BCUT2D eigenvalue weighted by molar-refractivity contribution is 7.94. The van der Waals surface area contributed by atoms with E-state index in [-0.39, 0.29) is 5.69 Å². The first-order chi connectivity index (χ1) is 8.25. The van der Waals surface area contributed by atoms with Gasteiger partial charge in [0, 0.05) is 6.07 Å². The number of nitrogens with zero attached hydrogens (tertiary/aromatic N) is 1. The van der Waals surface area contributed by atoms with E-state index in [9.17, 15) is 23.3 Å². The number of sulfonamides is 1. The number of carbonyl (C=O) groups is 1. The maximum atomic E-state index is 11.6. The number of carboxylic acids is 1. The number of rotatable bonds is 5. The molecule has 0 fully saturated rings. The lowest BCUT2D eigenvalue weighted by molar-refractivity contribution is -0.383. The number of nitro benzene ring substituents is 1. The smallest absolute Gasteiger partial charge is 0.323 e. The lowest BCUT2D eigenvalue weighted by atomic mass is 10.3. The van der Waals surface area contributed by atoms with Gasteiger partial charge in [-0.25, -0.2) is 8.42 Å². The number of benzene rings is 1. The van der Waals surface area contributed by atoms with Crippen molar-refractivity contribution in [1.82, 2.24) is 0 Å². The molecule has 1 aromatic carbocycles. The predicted octanol–water partition coefficient (Wildman–Crippen LogP) is 0.810. The van der Waals surface area contributed by atoms with Gasteiger partial charge in [-0.2, -0.15) is 0 Å². The van der Waals surface area contributed by atoms with Crippen LogP contribution >= 0.6 is 0 Å².